The maximum atomic E-state index is 5.48. The first-order valence-electron chi connectivity index (χ1n) is 4.58. The number of nitrogens with two attached hydrogens (primary N) is 1. The van der Waals surface area contributed by atoms with Crippen LogP contribution in [-0.4, -0.2) is 17.6 Å². The van der Waals surface area contributed by atoms with Crippen LogP contribution >= 0.6 is 0 Å². The molecule has 0 saturated heterocycles. The predicted molar refractivity (Wildman–Crippen MR) is 54.3 cm³/mol. The van der Waals surface area contributed by atoms with Crippen molar-refractivity contribution in [1.29, 1.82) is 0 Å². The van der Waals surface area contributed by atoms with Crippen molar-refractivity contribution in [2.24, 2.45) is 5.73 Å². The summed E-state index contributed by atoms with van der Waals surface area (Å²) in [7, 11) is 0. The normalized spacial score (nSPS) is 12.8. The van der Waals surface area contributed by atoms with Crippen LogP contribution in [0, 0.1) is 6.92 Å². The lowest BCUT2D eigenvalue weighted by Crippen LogP contribution is -2.32. The number of pyridine rings is 1. The number of rotatable bonds is 4. The lowest BCUT2D eigenvalue weighted by molar-refractivity contribution is 0.550. The van der Waals surface area contributed by atoms with E-state index in [9.17, 15) is 0 Å². The molecule has 0 amide bonds. The van der Waals surface area contributed by atoms with Gasteiger partial charge in [0.1, 0.15) is 0 Å². The molecule has 0 aliphatic carbocycles. The summed E-state index contributed by atoms with van der Waals surface area (Å²) in [6.07, 6.45) is 0. The Morgan fingerprint density at radius 3 is 2.92 bits per heavy atom. The van der Waals surface area contributed by atoms with Gasteiger partial charge in [-0.15, -0.1) is 0 Å². The molecule has 1 heterocycles. The Morgan fingerprint density at radius 2 is 2.31 bits per heavy atom. The van der Waals surface area contributed by atoms with Gasteiger partial charge in [-0.25, -0.2) is 0 Å². The Balaban J connectivity index is 2.45. The fourth-order valence-corrected chi connectivity index (χ4v) is 1.06. The Bertz CT molecular complexity index is 260. The van der Waals surface area contributed by atoms with E-state index in [4.69, 9.17) is 5.73 Å². The van der Waals surface area contributed by atoms with Crippen molar-refractivity contribution in [3.8, 4) is 0 Å². The summed E-state index contributed by atoms with van der Waals surface area (Å²) < 4.78 is 0. The molecule has 1 rings (SSSR count). The molecule has 1 aromatic rings. The lowest BCUT2D eigenvalue weighted by atomic mass is 10.3. The average Bonchev–Trinajstić information content (AvgIpc) is 2.14. The van der Waals surface area contributed by atoms with Crippen molar-refractivity contribution in [2.75, 3.05) is 6.54 Å². The van der Waals surface area contributed by atoms with E-state index < -0.39 is 0 Å². The van der Waals surface area contributed by atoms with E-state index in [1.807, 2.05) is 25.1 Å². The van der Waals surface area contributed by atoms with Crippen LogP contribution in [0.25, 0.3) is 0 Å². The van der Waals surface area contributed by atoms with Crippen molar-refractivity contribution in [2.45, 2.75) is 26.4 Å². The summed E-state index contributed by atoms with van der Waals surface area (Å²) in [4.78, 5) is 4.38. The first-order valence-corrected chi connectivity index (χ1v) is 4.58. The first-order chi connectivity index (χ1) is 6.22. The van der Waals surface area contributed by atoms with Gasteiger partial charge in [0, 0.05) is 24.8 Å². The van der Waals surface area contributed by atoms with Crippen LogP contribution in [0.3, 0.4) is 0 Å². The maximum absolute atomic E-state index is 5.48. The average molecular weight is 179 g/mol. The van der Waals surface area contributed by atoms with Crippen LogP contribution in [0.2, 0.25) is 0 Å². The van der Waals surface area contributed by atoms with Crippen molar-refractivity contribution in [1.82, 2.24) is 10.3 Å². The smallest absolute Gasteiger partial charge is 0.0544 e. The Labute approximate surface area is 79.4 Å². The number of hydrogen-bond donors (Lipinski definition) is 2. The van der Waals surface area contributed by atoms with Crippen LogP contribution in [0.4, 0.5) is 0 Å². The summed E-state index contributed by atoms with van der Waals surface area (Å²) in [5, 5.41) is 3.29. The lowest BCUT2D eigenvalue weighted by Gasteiger charge is -2.10. The number of hydrogen-bond acceptors (Lipinski definition) is 3. The molecule has 0 radical (unpaired) electrons. The molecule has 0 spiro atoms. The molecule has 0 aliphatic rings. The highest BCUT2D eigenvalue weighted by molar-refractivity contribution is 5.09. The molecule has 0 saturated carbocycles. The van der Waals surface area contributed by atoms with Crippen molar-refractivity contribution >= 4 is 0 Å². The number of nitrogens with one attached hydrogen (secondary N) is 1. The van der Waals surface area contributed by atoms with Gasteiger partial charge in [0.05, 0.1) is 5.69 Å². The third-order valence-electron chi connectivity index (χ3n) is 1.93. The summed E-state index contributed by atoms with van der Waals surface area (Å²) in [6, 6.07) is 6.38. The first kappa shape index (κ1) is 10.2. The fourth-order valence-electron chi connectivity index (χ4n) is 1.06. The zero-order chi connectivity index (χ0) is 9.68. The molecule has 1 atom stereocenters. The largest absolute Gasteiger partial charge is 0.329 e. The molecule has 0 aliphatic heterocycles. The van der Waals surface area contributed by atoms with Gasteiger partial charge in [-0.3, -0.25) is 4.98 Å². The van der Waals surface area contributed by atoms with E-state index in [1.54, 1.807) is 0 Å². The van der Waals surface area contributed by atoms with E-state index in [0.717, 1.165) is 17.9 Å². The second-order valence-electron chi connectivity index (χ2n) is 3.29. The van der Waals surface area contributed by atoms with Gasteiger partial charge in [-0.05, 0) is 26.0 Å². The molecule has 0 fully saturated rings. The van der Waals surface area contributed by atoms with Crippen LogP contribution in [0.1, 0.15) is 18.3 Å². The number of aromatic nitrogens is 1. The van der Waals surface area contributed by atoms with Crippen molar-refractivity contribution < 1.29 is 0 Å². The molecule has 3 heteroatoms. The van der Waals surface area contributed by atoms with Gasteiger partial charge >= 0.3 is 0 Å². The monoisotopic (exact) mass is 179 g/mol. The Kier molecular flexibility index (Phi) is 3.86. The van der Waals surface area contributed by atoms with Gasteiger partial charge in [-0.2, -0.15) is 0 Å². The van der Waals surface area contributed by atoms with Gasteiger partial charge in [0.15, 0.2) is 0 Å². The molecule has 13 heavy (non-hydrogen) atoms. The third-order valence-corrected chi connectivity index (χ3v) is 1.93. The Hall–Kier alpha value is -0.930. The topological polar surface area (TPSA) is 50.9 Å². The molecular formula is C10H17N3. The van der Waals surface area contributed by atoms with Gasteiger partial charge in [0.25, 0.3) is 0 Å². The predicted octanol–water partition coefficient (Wildman–Crippen LogP) is 0.827. The highest BCUT2D eigenvalue weighted by Gasteiger charge is 1.98. The molecule has 1 aromatic heterocycles. The zero-order valence-electron chi connectivity index (χ0n) is 8.25. The van der Waals surface area contributed by atoms with Crippen LogP contribution < -0.4 is 11.1 Å². The highest BCUT2D eigenvalue weighted by atomic mass is 14.9. The minimum Gasteiger partial charge on any atom is -0.329 e. The second kappa shape index (κ2) is 4.94. The highest BCUT2D eigenvalue weighted by Crippen LogP contribution is 1.97. The van der Waals surface area contributed by atoms with E-state index in [1.165, 1.54) is 0 Å². The standard InChI is InChI=1S/C10H17N3/c1-8-4-3-5-10(13-8)7-12-9(2)6-11/h3-5,9,12H,6-7,11H2,1-2H3. The van der Waals surface area contributed by atoms with Crippen LogP contribution in [0.5, 0.6) is 0 Å². The van der Waals surface area contributed by atoms with Gasteiger partial charge in [-0.1, -0.05) is 6.07 Å². The van der Waals surface area contributed by atoms with E-state index >= 15 is 0 Å². The quantitative estimate of drug-likeness (QED) is 0.719. The molecule has 0 aromatic carbocycles. The molecule has 72 valence electrons. The summed E-state index contributed by atoms with van der Waals surface area (Å²) in [5.74, 6) is 0. The van der Waals surface area contributed by atoms with Gasteiger partial charge < -0.3 is 11.1 Å². The SMILES string of the molecule is Cc1cccc(CNC(C)CN)n1. The van der Waals surface area contributed by atoms with E-state index in [0.29, 0.717) is 12.6 Å². The fraction of sp³-hybridized carbons (Fsp3) is 0.500. The van der Waals surface area contributed by atoms with Crippen LogP contribution in [-0.2, 0) is 6.54 Å². The van der Waals surface area contributed by atoms with E-state index in [2.05, 4.69) is 17.2 Å². The van der Waals surface area contributed by atoms with Gasteiger partial charge in [0.2, 0.25) is 0 Å². The molecule has 1 unspecified atom stereocenters. The molecular weight excluding hydrogens is 162 g/mol. The molecule has 3 nitrogen and oxygen atoms in total. The Morgan fingerprint density at radius 1 is 1.54 bits per heavy atom. The zero-order valence-corrected chi connectivity index (χ0v) is 8.25. The minimum absolute atomic E-state index is 0.349. The van der Waals surface area contributed by atoms with E-state index in [-0.39, 0.29) is 0 Å². The molecule has 3 N–H and O–H groups in total. The van der Waals surface area contributed by atoms with Crippen LogP contribution in [0.15, 0.2) is 18.2 Å². The third kappa shape index (κ3) is 3.53. The summed E-state index contributed by atoms with van der Waals surface area (Å²) >= 11 is 0. The van der Waals surface area contributed by atoms with Crippen molar-refractivity contribution in [3.05, 3.63) is 29.6 Å². The molecule has 0 bridgehead atoms. The minimum atomic E-state index is 0.349. The summed E-state index contributed by atoms with van der Waals surface area (Å²) in [6.45, 7) is 5.51. The second-order valence-corrected chi connectivity index (χ2v) is 3.29. The number of nitrogens with zero attached hydrogens (tertiary/aromatic N) is 1. The number of aryl methyl sites for hydroxylation is 1. The van der Waals surface area contributed by atoms with Crippen molar-refractivity contribution in [3.63, 3.8) is 0 Å². The summed E-state index contributed by atoms with van der Waals surface area (Å²) in [5.41, 5.74) is 7.61. The maximum Gasteiger partial charge on any atom is 0.0544 e.